The average molecular weight is 269 g/mol. The normalized spacial score (nSPS) is 12.9. The molecule has 2 heterocycles. The Balaban J connectivity index is 2.04. The Morgan fingerprint density at radius 2 is 2.32 bits per heavy atom. The predicted octanol–water partition coefficient (Wildman–Crippen LogP) is 3.95. The van der Waals surface area contributed by atoms with Gasteiger partial charge in [0.1, 0.15) is 0 Å². The Bertz CT molecular complexity index is 776. The van der Waals surface area contributed by atoms with Gasteiger partial charge in [0, 0.05) is 6.20 Å². The fourth-order valence-corrected chi connectivity index (χ4v) is 3.47. The Hall–Kier alpha value is -1.86. The summed E-state index contributed by atoms with van der Waals surface area (Å²) in [5.74, 6) is 0.115. The Morgan fingerprint density at radius 3 is 3.05 bits per heavy atom. The number of aromatic nitrogens is 2. The topological polar surface area (TPSA) is 41.1 Å². The summed E-state index contributed by atoms with van der Waals surface area (Å²) >= 11 is 1.71. The third-order valence-corrected chi connectivity index (χ3v) is 4.45. The summed E-state index contributed by atoms with van der Waals surface area (Å²) < 4.78 is 3.38. The summed E-state index contributed by atoms with van der Waals surface area (Å²) in [5.41, 5.74) is 3.49. The van der Waals surface area contributed by atoms with Crippen LogP contribution in [0.1, 0.15) is 24.6 Å². The van der Waals surface area contributed by atoms with E-state index in [1.165, 1.54) is 15.8 Å². The number of thiazole rings is 1. The first-order valence-corrected chi connectivity index (χ1v) is 7.29. The van der Waals surface area contributed by atoms with E-state index < -0.39 is 0 Å². The van der Waals surface area contributed by atoms with E-state index in [4.69, 9.17) is 5.26 Å². The van der Waals surface area contributed by atoms with Crippen LogP contribution in [-0.2, 0) is 6.42 Å². The van der Waals surface area contributed by atoms with E-state index in [9.17, 15) is 0 Å². The van der Waals surface area contributed by atoms with E-state index in [-0.39, 0.29) is 5.92 Å². The molecular formula is C15H15N3S. The van der Waals surface area contributed by atoms with Gasteiger partial charge in [-0.05, 0) is 37.5 Å². The first-order chi connectivity index (χ1) is 9.21. The summed E-state index contributed by atoms with van der Waals surface area (Å²) in [6.45, 7) is 4.08. The summed E-state index contributed by atoms with van der Waals surface area (Å²) in [4.78, 5) is 5.54. The molecule has 0 fully saturated rings. The molecule has 0 spiro atoms. The highest BCUT2D eigenvalue weighted by atomic mass is 32.1. The van der Waals surface area contributed by atoms with Gasteiger partial charge in [-0.1, -0.05) is 24.3 Å². The van der Waals surface area contributed by atoms with Crippen LogP contribution in [-0.4, -0.2) is 9.38 Å². The second-order valence-corrected chi connectivity index (χ2v) is 5.89. The monoisotopic (exact) mass is 269 g/mol. The van der Waals surface area contributed by atoms with Crippen LogP contribution in [0.15, 0.2) is 24.4 Å². The van der Waals surface area contributed by atoms with Gasteiger partial charge in [0.25, 0.3) is 0 Å². The zero-order valence-corrected chi connectivity index (χ0v) is 11.9. The standard InChI is InChI=1S/C15H15N3S/c1-3-11(8-16)6-12-4-5-13-14(7-12)19-15-17-10(2)9-18(13)15/h4-5,7,9,11H,3,6H2,1-2H3. The lowest BCUT2D eigenvalue weighted by molar-refractivity contribution is 0.638. The van der Waals surface area contributed by atoms with Gasteiger partial charge >= 0.3 is 0 Å². The van der Waals surface area contributed by atoms with Crippen LogP contribution in [0, 0.1) is 24.2 Å². The van der Waals surface area contributed by atoms with Crippen molar-refractivity contribution in [2.24, 2.45) is 5.92 Å². The van der Waals surface area contributed by atoms with Gasteiger partial charge in [-0.3, -0.25) is 4.40 Å². The van der Waals surface area contributed by atoms with E-state index in [1.807, 2.05) is 6.92 Å². The minimum atomic E-state index is 0.115. The number of hydrogen-bond acceptors (Lipinski definition) is 3. The third kappa shape index (κ3) is 2.11. The molecule has 0 aliphatic rings. The molecule has 1 unspecified atom stereocenters. The first kappa shape index (κ1) is 12.2. The molecule has 0 N–H and O–H groups in total. The Labute approximate surface area is 116 Å². The molecule has 0 saturated carbocycles. The van der Waals surface area contributed by atoms with Gasteiger partial charge in [0.15, 0.2) is 4.96 Å². The lowest BCUT2D eigenvalue weighted by Crippen LogP contribution is -1.99. The molecule has 0 radical (unpaired) electrons. The molecule has 1 aromatic carbocycles. The number of benzene rings is 1. The average Bonchev–Trinajstić information content (AvgIpc) is 2.91. The SMILES string of the molecule is CCC(C#N)Cc1ccc2c(c1)sc1nc(C)cn12. The summed E-state index contributed by atoms with van der Waals surface area (Å²) in [5, 5.41) is 9.05. The van der Waals surface area contributed by atoms with Crippen molar-refractivity contribution in [3.05, 3.63) is 35.7 Å². The zero-order chi connectivity index (χ0) is 13.4. The van der Waals surface area contributed by atoms with Crippen LogP contribution < -0.4 is 0 Å². The molecule has 0 amide bonds. The highest BCUT2D eigenvalue weighted by Gasteiger charge is 2.10. The number of rotatable bonds is 3. The van der Waals surface area contributed by atoms with Gasteiger partial charge in [-0.25, -0.2) is 4.98 Å². The largest absolute Gasteiger partial charge is 0.290 e. The fourth-order valence-electron chi connectivity index (χ4n) is 2.35. The summed E-state index contributed by atoms with van der Waals surface area (Å²) in [6.07, 6.45) is 3.81. The molecule has 96 valence electrons. The minimum Gasteiger partial charge on any atom is -0.290 e. The number of fused-ring (bicyclic) bond motifs is 3. The van der Waals surface area contributed by atoms with E-state index in [2.05, 4.69) is 46.8 Å². The lowest BCUT2D eigenvalue weighted by Gasteiger charge is -2.05. The zero-order valence-electron chi connectivity index (χ0n) is 11.1. The molecule has 3 aromatic rings. The van der Waals surface area contributed by atoms with Crippen LogP contribution in [0.5, 0.6) is 0 Å². The van der Waals surface area contributed by atoms with Crippen molar-refractivity contribution in [2.75, 3.05) is 0 Å². The van der Waals surface area contributed by atoms with Crippen molar-refractivity contribution in [1.29, 1.82) is 5.26 Å². The van der Waals surface area contributed by atoms with Crippen LogP contribution in [0.3, 0.4) is 0 Å². The van der Waals surface area contributed by atoms with Crippen molar-refractivity contribution >= 4 is 26.5 Å². The lowest BCUT2D eigenvalue weighted by atomic mass is 9.98. The van der Waals surface area contributed by atoms with E-state index in [0.29, 0.717) is 0 Å². The maximum atomic E-state index is 9.05. The molecule has 0 aliphatic carbocycles. The quantitative estimate of drug-likeness (QED) is 0.722. The van der Waals surface area contributed by atoms with Crippen molar-refractivity contribution in [3.63, 3.8) is 0 Å². The van der Waals surface area contributed by atoms with Crippen LogP contribution in [0.25, 0.3) is 15.2 Å². The smallest absolute Gasteiger partial charge is 0.194 e. The van der Waals surface area contributed by atoms with E-state index in [0.717, 1.165) is 23.5 Å². The van der Waals surface area contributed by atoms with E-state index in [1.54, 1.807) is 11.3 Å². The number of nitriles is 1. The van der Waals surface area contributed by atoms with Crippen LogP contribution in [0.2, 0.25) is 0 Å². The van der Waals surface area contributed by atoms with Gasteiger partial charge in [-0.15, -0.1) is 0 Å². The third-order valence-electron chi connectivity index (χ3n) is 3.44. The molecule has 0 aliphatic heterocycles. The van der Waals surface area contributed by atoms with Crippen LogP contribution in [0.4, 0.5) is 0 Å². The number of hydrogen-bond donors (Lipinski definition) is 0. The van der Waals surface area contributed by atoms with Gasteiger partial charge < -0.3 is 0 Å². The molecule has 1 atom stereocenters. The molecule has 0 bridgehead atoms. The molecule has 3 nitrogen and oxygen atoms in total. The second-order valence-electron chi connectivity index (χ2n) is 4.88. The fraction of sp³-hybridized carbons (Fsp3) is 0.333. The molecule has 0 saturated heterocycles. The van der Waals surface area contributed by atoms with Crippen molar-refractivity contribution in [3.8, 4) is 6.07 Å². The number of imidazole rings is 1. The van der Waals surface area contributed by atoms with Crippen LogP contribution >= 0.6 is 11.3 Å². The maximum absolute atomic E-state index is 9.05. The maximum Gasteiger partial charge on any atom is 0.194 e. The molecule has 19 heavy (non-hydrogen) atoms. The number of aryl methyl sites for hydroxylation is 1. The highest BCUT2D eigenvalue weighted by molar-refractivity contribution is 7.23. The first-order valence-electron chi connectivity index (χ1n) is 6.48. The highest BCUT2D eigenvalue weighted by Crippen LogP contribution is 2.28. The Kier molecular flexibility index (Phi) is 3.00. The molecule has 2 aromatic heterocycles. The number of nitrogens with zero attached hydrogens (tertiary/aromatic N) is 3. The minimum absolute atomic E-state index is 0.115. The van der Waals surface area contributed by atoms with Gasteiger partial charge in [-0.2, -0.15) is 5.26 Å². The molecular weight excluding hydrogens is 254 g/mol. The molecule has 3 rings (SSSR count). The predicted molar refractivity (Wildman–Crippen MR) is 78.4 cm³/mol. The van der Waals surface area contributed by atoms with Gasteiger partial charge in [0.05, 0.1) is 27.9 Å². The van der Waals surface area contributed by atoms with Crippen molar-refractivity contribution in [2.45, 2.75) is 26.7 Å². The Morgan fingerprint density at radius 1 is 1.47 bits per heavy atom. The van der Waals surface area contributed by atoms with Crippen molar-refractivity contribution < 1.29 is 0 Å². The summed E-state index contributed by atoms with van der Waals surface area (Å²) in [7, 11) is 0. The van der Waals surface area contributed by atoms with E-state index >= 15 is 0 Å². The van der Waals surface area contributed by atoms with Crippen molar-refractivity contribution in [1.82, 2.24) is 9.38 Å². The second kappa shape index (κ2) is 4.67. The van der Waals surface area contributed by atoms with Gasteiger partial charge in [0.2, 0.25) is 0 Å². The molecule has 4 heteroatoms. The summed E-state index contributed by atoms with van der Waals surface area (Å²) in [6, 6.07) is 8.83.